The van der Waals surface area contributed by atoms with Crippen molar-refractivity contribution in [1.82, 2.24) is 20.0 Å². The SMILES string of the molecule is CN1C[C@H](C(=O)NCCc2ccn(-c3ccc(F)cc3)n2)CC1=O. The summed E-state index contributed by atoms with van der Waals surface area (Å²) in [6.07, 6.45) is 2.67. The number of carbonyl (C=O) groups excluding carboxylic acids is 2. The van der Waals surface area contributed by atoms with Crippen LogP contribution in [0.4, 0.5) is 4.39 Å². The zero-order chi connectivity index (χ0) is 17.1. The molecule has 3 rings (SSSR count). The molecule has 0 radical (unpaired) electrons. The van der Waals surface area contributed by atoms with Crippen molar-refractivity contribution in [2.75, 3.05) is 20.1 Å². The number of hydrogen-bond acceptors (Lipinski definition) is 3. The van der Waals surface area contributed by atoms with Gasteiger partial charge in [0.05, 0.1) is 17.3 Å². The van der Waals surface area contributed by atoms with E-state index in [-0.39, 0.29) is 30.0 Å². The molecular weight excluding hydrogens is 311 g/mol. The maximum absolute atomic E-state index is 12.9. The zero-order valence-electron chi connectivity index (χ0n) is 13.4. The van der Waals surface area contributed by atoms with E-state index in [1.54, 1.807) is 35.0 Å². The highest BCUT2D eigenvalue weighted by atomic mass is 19.1. The molecule has 0 saturated carbocycles. The van der Waals surface area contributed by atoms with Gasteiger partial charge in [-0.2, -0.15) is 5.10 Å². The lowest BCUT2D eigenvalue weighted by Crippen LogP contribution is -2.33. The van der Waals surface area contributed by atoms with E-state index in [1.807, 2.05) is 6.07 Å². The molecule has 1 fully saturated rings. The molecule has 1 saturated heterocycles. The van der Waals surface area contributed by atoms with E-state index < -0.39 is 0 Å². The number of carbonyl (C=O) groups is 2. The monoisotopic (exact) mass is 330 g/mol. The summed E-state index contributed by atoms with van der Waals surface area (Å²) in [7, 11) is 1.71. The molecule has 2 aromatic rings. The van der Waals surface area contributed by atoms with Crippen molar-refractivity contribution >= 4 is 11.8 Å². The van der Waals surface area contributed by atoms with Crippen LogP contribution in [0, 0.1) is 11.7 Å². The lowest BCUT2D eigenvalue weighted by atomic mass is 10.1. The Labute approximate surface area is 139 Å². The third-order valence-corrected chi connectivity index (χ3v) is 4.13. The Kier molecular flexibility index (Phi) is 4.59. The first-order valence-electron chi connectivity index (χ1n) is 7.85. The van der Waals surface area contributed by atoms with Gasteiger partial charge in [0.1, 0.15) is 5.82 Å². The van der Waals surface area contributed by atoms with Crippen molar-refractivity contribution in [1.29, 1.82) is 0 Å². The number of likely N-dealkylation sites (tertiary alicyclic amines) is 1. The van der Waals surface area contributed by atoms with Gasteiger partial charge in [-0.15, -0.1) is 0 Å². The Morgan fingerprint density at radius 1 is 1.33 bits per heavy atom. The molecule has 2 heterocycles. The molecule has 1 aliphatic heterocycles. The molecule has 1 atom stereocenters. The third kappa shape index (κ3) is 3.61. The summed E-state index contributed by atoms with van der Waals surface area (Å²) in [6.45, 7) is 0.942. The highest BCUT2D eigenvalue weighted by Crippen LogP contribution is 2.15. The highest BCUT2D eigenvalue weighted by molar-refractivity contribution is 5.89. The third-order valence-electron chi connectivity index (χ3n) is 4.13. The highest BCUT2D eigenvalue weighted by Gasteiger charge is 2.31. The topological polar surface area (TPSA) is 67.2 Å². The summed E-state index contributed by atoms with van der Waals surface area (Å²) in [4.78, 5) is 25.1. The molecule has 1 aromatic heterocycles. The summed E-state index contributed by atoms with van der Waals surface area (Å²) >= 11 is 0. The number of hydrogen-bond donors (Lipinski definition) is 1. The van der Waals surface area contributed by atoms with Crippen LogP contribution in [-0.4, -0.2) is 46.6 Å². The van der Waals surface area contributed by atoms with E-state index in [9.17, 15) is 14.0 Å². The van der Waals surface area contributed by atoms with Gasteiger partial charge in [-0.05, 0) is 30.3 Å². The Bertz CT molecular complexity index is 741. The van der Waals surface area contributed by atoms with Crippen LogP contribution in [0.1, 0.15) is 12.1 Å². The van der Waals surface area contributed by atoms with Crippen molar-refractivity contribution in [3.63, 3.8) is 0 Å². The smallest absolute Gasteiger partial charge is 0.225 e. The average molecular weight is 330 g/mol. The lowest BCUT2D eigenvalue weighted by molar-refractivity contribution is -0.128. The van der Waals surface area contributed by atoms with Crippen LogP contribution in [0.3, 0.4) is 0 Å². The largest absolute Gasteiger partial charge is 0.355 e. The Morgan fingerprint density at radius 2 is 2.08 bits per heavy atom. The number of rotatable bonds is 5. The van der Waals surface area contributed by atoms with Crippen LogP contribution >= 0.6 is 0 Å². The first-order chi connectivity index (χ1) is 11.5. The van der Waals surface area contributed by atoms with Crippen molar-refractivity contribution in [2.24, 2.45) is 5.92 Å². The van der Waals surface area contributed by atoms with Gasteiger partial charge in [-0.1, -0.05) is 0 Å². The lowest BCUT2D eigenvalue weighted by Gasteiger charge is -2.10. The molecule has 24 heavy (non-hydrogen) atoms. The van der Waals surface area contributed by atoms with Crippen molar-refractivity contribution < 1.29 is 14.0 Å². The molecule has 126 valence electrons. The van der Waals surface area contributed by atoms with E-state index in [0.29, 0.717) is 19.5 Å². The number of nitrogens with one attached hydrogen (secondary N) is 1. The molecule has 6 nitrogen and oxygen atoms in total. The maximum atomic E-state index is 12.9. The summed E-state index contributed by atoms with van der Waals surface area (Å²) in [6, 6.07) is 7.94. The van der Waals surface area contributed by atoms with Crippen LogP contribution < -0.4 is 5.32 Å². The number of aromatic nitrogens is 2. The Morgan fingerprint density at radius 3 is 2.75 bits per heavy atom. The van der Waals surface area contributed by atoms with Gasteiger partial charge in [0, 0.05) is 39.2 Å². The molecule has 0 unspecified atom stereocenters. The molecule has 0 spiro atoms. The van der Waals surface area contributed by atoms with E-state index in [0.717, 1.165) is 11.4 Å². The molecular formula is C17H19FN4O2. The maximum Gasteiger partial charge on any atom is 0.225 e. The summed E-state index contributed by atoms with van der Waals surface area (Å²) in [5.41, 5.74) is 1.61. The minimum absolute atomic E-state index is 0.00758. The molecule has 0 aliphatic carbocycles. The van der Waals surface area contributed by atoms with Gasteiger partial charge in [0.25, 0.3) is 0 Å². The van der Waals surface area contributed by atoms with E-state index in [1.165, 1.54) is 12.1 Å². The Hall–Kier alpha value is -2.70. The number of halogens is 1. The molecule has 7 heteroatoms. The summed E-state index contributed by atoms with van der Waals surface area (Å²) < 4.78 is 14.6. The van der Waals surface area contributed by atoms with Gasteiger partial charge in [0.2, 0.25) is 11.8 Å². The molecule has 1 N–H and O–H groups in total. The van der Waals surface area contributed by atoms with Crippen molar-refractivity contribution in [2.45, 2.75) is 12.8 Å². The number of nitrogens with zero attached hydrogens (tertiary/aromatic N) is 3. The second-order valence-electron chi connectivity index (χ2n) is 5.94. The van der Waals surface area contributed by atoms with Gasteiger partial charge >= 0.3 is 0 Å². The van der Waals surface area contributed by atoms with E-state index >= 15 is 0 Å². The fourth-order valence-corrected chi connectivity index (χ4v) is 2.73. The van der Waals surface area contributed by atoms with E-state index in [4.69, 9.17) is 0 Å². The quantitative estimate of drug-likeness (QED) is 0.894. The standard InChI is InChI=1S/C17H19FN4O2/c1-21-11-12(10-16(21)23)17(24)19-8-6-14-7-9-22(20-14)15-4-2-13(18)3-5-15/h2-5,7,9,12H,6,8,10-11H2,1H3,(H,19,24)/t12-/m1/s1. The van der Waals surface area contributed by atoms with Crippen LogP contribution in [0.25, 0.3) is 5.69 Å². The second kappa shape index (κ2) is 6.82. The van der Waals surface area contributed by atoms with Crippen LogP contribution in [-0.2, 0) is 16.0 Å². The van der Waals surface area contributed by atoms with Crippen LogP contribution in [0.5, 0.6) is 0 Å². The summed E-state index contributed by atoms with van der Waals surface area (Å²) in [5.74, 6) is -0.636. The summed E-state index contributed by atoms with van der Waals surface area (Å²) in [5, 5.41) is 7.26. The Balaban J connectivity index is 1.50. The molecule has 1 aliphatic rings. The van der Waals surface area contributed by atoms with Crippen molar-refractivity contribution in [3.8, 4) is 5.69 Å². The molecule has 0 bridgehead atoms. The number of amides is 2. The second-order valence-corrected chi connectivity index (χ2v) is 5.94. The zero-order valence-corrected chi connectivity index (χ0v) is 13.4. The molecule has 1 aromatic carbocycles. The van der Waals surface area contributed by atoms with Gasteiger partial charge in [0.15, 0.2) is 0 Å². The average Bonchev–Trinajstić information content (AvgIpc) is 3.16. The first kappa shape index (κ1) is 16.2. The van der Waals surface area contributed by atoms with Gasteiger partial charge in [-0.25, -0.2) is 9.07 Å². The van der Waals surface area contributed by atoms with Crippen molar-refractivity contribution in [3.05, 3.63) is 48.0 Å². The fourth-order valence-electron chi connectivity index (χ4n) is 2.73. The van der Waals surface area contributed by atoms with E-state index in [2.05, 4.69) is 10.4 Å². The predicted molar refractivity (Wildman–Crippen MR) is 86.0 cm³/mol. The predicted octanol–water partition coefficient (Wildman–Crippen LogP) is 1.15. The van der Waals surface area contributed by atoms with Crippen LogP contribution in [0.2, 0.25) is 0 Å². The number of benzene rings is 1. The minimum atomic E-state index is -0.287. The molecule has 2 amide bonds. The fraction of sp³-hybridized carbons (Fsp3) is 0.353. The normalized spacial score (nSPS) is 17.3. The van der Waals surface area contributed by atoms with Gasteiger partial charge in [-0.3, -0.25) is 9.59 Å². The first-order valence-corrected chi connectivity index (χ1v) is 7.85. The van der Waals surface area contributed by atoms with Crippen LogP contribution in [0.15, 0.2) is 36.5 Å². The van der Waals surface area contributed by atoms with Gasteiger partial charge < -0.3 is 10.2 Å². The minimum Gasteiger partial charge on any atom is -0.355 e.